The van der Waals surface area contributed by atoms with E-state index in [1.165, 1.54) is 24.8 Å². The molecule has 2 aromatic rings. The Morgan fingerprint density at radius 3 is 2.53 bits per heavy atom. The van der Waals surface area contributed by atoms with Crippen LogP contribution in [0.3, 0.4) is 0 Å². The number of carbonyl (C=O) groups is 2. The molecule has 1 amide bonds. The molecule has 0 atom stereocenters. The zero-order valence-electron chi connectivity index (χ0n) is 9.50. The second-order valence-corrected chi connectivity index (χ2v) is 3.58. The van der Waals surface area contributed by atoms with Crippen molar-refractivity contribution >= 4 is 17.6 Å². The summed E-state index contributed by atoms with van der Waals surface area (Å²) in [5.41, 5.74) is -0.156. The summed E-state index contributed by atoms with van der Waals surface area (Å²) in [7, 11) is 0. The van der Waals surface area contributed by atoms with Gasteiger partial charge in [0.2, 0.25) is 0 Å². The van der Waals surface area contributed by atoms with Gasteiger partial charge in [0.05, 0.1) is 16.8 Å². The van der Waals surface area contributed by atoms with Crippen molar-refractivity contribution in [2.45, 2.75) is 0 Å². The van der Waals surface area contributed by atoms with Gasteiger partial charge in [0.25, 0.3) is 5.91 Å². The molecule has 7 heteroatoms. The van der Waals surface area contributed by atoms with Gasteiger partial charge in [-0.25, -0.2) is 19.2 Å². The molecule has 0 aliphatic heterocycles. The van der Waals surface area contributed by atoms with Crippen LogP contribution in [-0.4, -0.2) is 27.0 Å². The lowest BCUT2D eigenvalue weighted by atomic mass is 10.1. The largest absolute Gasteiger partial charge is 0.478 e. The van der Waals surface area contributed by atoms with Gasteiger partial charge >= 0.3 is 5.97 Å². The molecule has 0 unspecified atom stereocenters. The van der Waals surface area contributed by atoms with Crippen LogP contribution in [-0.2, 0) is 0 Å². The van der Waals surface area contributed by atoms with Crippen LogP contribution in [0.1, 0.15) is 20.7 Å². The maximum atomic E-state index is 13.0. The number of carboxylic acids is 1. The molecule has 0 bridgehead atoms. The van der Waals surface area contributed by atoms with Crippen LogP contribution in [0.2, 0.25) is 0 Å². The summed E-state index contributed by atoms with van der Waals surface area (Å²) in [5.74, 6) is -2.60. The van der Waals surface area contributed by atoms with Gasteiger partial charge in [0.1, 0.15) is 12.1 Å². The van der Waals surface area contributed by atoms with Gasteiger partial charge in [-0.3, -0.25) is 4.79 Å². The van der Waals surface area contributed by atoms with Crippen LogP contribution >= 0.6 is 0 Å². The summed E-state index contributed by atoms with van der Waals surface area (Å²) < 4.78 is 13.0. The number of carboxylic acid groups (broad SMARTS) is 1. The lowest BCUT2D eigenvalue weighted by molar-refractivity contribution is 0.0697. The Morgan fingerprint density at radius 1 is 1.21 bits per heavy atom. The van der Waals surface area contributed by atoms with Crippen LogP contribution in [0.4, 0.5) is 10.1 Å². The fraction of sp³-hybridized carbons (Fsp3) is 0. The molecular weight excluding hydrogens is 253 g/mol. The number of nitrogens with one attached hydrogen (secondary N) is 1. The van der Waals surface area contributed by atoms with E-state index in [-0.39, 0.29) is 16.8 Å². The molecule has 0 saturated carbocycles. The van der Waals surface area contributed by atoms with Crippen molar-refractivity contribution in [3.63, 3.8) is 0 Å². The Balaban J connectivity index is 2.29. The number of rotatable bonds is 3. The number of halogens is 1. The highest BCUT2D eigenvalue weighted by Crippen LogP contribution is 2.17. The number of amides is 1. The van der Waals surface area contributed by atoms with Crippen LogP contribution in [0.25, 0.3) is 0 Å². The zero-order chi connectivity index (χ0) is 13.8. The molecule has 1 aromatic heterocycles. The number of hydrogen-bond acceptors (Lipinski definition) is 4. The van der Waals surface area contributed by atoms with Crippen LogP contribution < -0.4 is 5.32 Å². The van der Waals surface area contributed by atoms with Gasteiger partial charge in [-0.15, -0.1) is 0 Å². The average Bonchev–Trinajstić information content (AvgIpc) is 2.41. The molecule has 19 heavy (non-hydrogen) atoms. The lowest BCUT2D eigenvalue weighted by Crippen LogP contribution is -2.15. The minimum atomic E-state index is -1.33. The maximum Gasteiger partial charge on any atom is 0.337 e. The SMILES string of the molecule is O=C(Nc1ccc(F)cc1C(=O)O)c1cncnc1. The fourth-order valence-electron chi connectivity index (χ4n) is 1.41. The minimum absolute atomic E-state index is 0.00255. The Labute approximate surface area is 106 Å². The van der Waals surface area contributed by atoms with Gasteiger partial charge < -0.3 is 10.4 Å². The van der Waals surface area contributed by atoms with Gasteiger partial charge in [-0.05, 0) is 18.2 Å². The third-order valence-corrected chi connectivity index (χ3v) is 2.28. The maximum absolute atomic E-state index is 13.0. The second-order valence-electron chi connectivity index (χ2n) is 3.58. The third kappa shape index (κ3) is 2.89. The average molecular weight is 261 g/mol. The van der Waals surface area contributed by atoms with Crippen molar-refractivity contribution in [3.05, 3.63) is 53.9 Å². The van der Waals surface area contributed by atoms with E-state index in [0.29, 0.717) is 0 Å². The van der Waals surface area contributed by atoms with Crippen LogP contribution in [0.5, 0.6) is 0 Å². The molecule has 6 nitrogen and oxygen atoms in total. The van der Waals surface area contributed by atoms with E-state index in [0.717, 1.165) is 12.1 Å². The predicted molar refractivity (Wildman–Crippen MR) is 63.3 cm³/mol. The Morgan fingerprint density at radius 2 is 1.89 bits per heavy atom. The number of aromatic nitrogens is 2. The Kier molecular flexibility index (Phi) is 3.46. The Hall–Kier alpha value is -2.83. The van der Waals surface area contributed by atoms with E-state index >= 15 is 0 Å². The molecule has 96 valence electrons. The molecule has 0 aliphatic carbocycles. The van der Waals surface area contributed by atoms with E-state index in [2.05, 4.69) is 15.3 Å². The highest BCUT2D eigenvalue weighted by atomic mass is 19.1. The molecule has 1 aromatic carbocycles. The monoisotopic (exact) mass is 261 g/mol. The summed E-state index contributed by atoms with van der Waals surface area (Å²) in [6, 6.07) is 3.07. The summed E-state index contributed by atoms with van der Waals surface area (Å²) in [5, 5.41) is 11.3. The number of anilines is 1. The second kappa shape index (κ2) is 5.21. The van der Waals surface area contributed by atoms with Crippen molar-refractivity contribution in [2.24, 2.45) is 0 Å². The highest BCUT2D eigenvalue weighted by molar-refractivity contribution is 6.07. The first-order chi connectivity index (χ1) is 9.08. The molecule has 0 radical (unpaired) electrons. The Bertz CT molecular complexity index is 631. The first-order valence-electron chi connectivity index (χ1n) is 5.17. The van der Waals surface area contributed by atoms with Gasteiger partial charge in [0, 0.05) is 12.4 Å². The first-order valence-corrected chi connectivity index (χ1v) is 5.17. The lowest BCUT2D eigenvalue weighted by Gasteiger charge is -2.08. The predicted octanol–water partition coefficient (Wildman–Crippen LogP) is 1.57. The van der Waals surface area contributed by atoms with E-state index < -0.39 is 17.7 Å². The summed E-state index contributed by atoms with van der Waals surface area (Å²) in [6.45, 7) is 0. The number of hydrogen-bond donors (Lipinski definition) is 2. The van der Waals surface area contributed by atoms with Crippen molar-refractivity contribution in [3.8, 4) is 0 Å². The molecular formula is C12H8FN3O3. The highest BCUT2D eigenvalue weighted by Gasteiger charge is 2.14. The van der Waals surface area contributed by atoms with Crippen LogP contribution in [0, 0.1) is 5.82 Å². The molecule has 0 saturated heterocycles. The smallest absolute Gasteiger partial charge is 0.337 e. The molecule has 2 rings (SSSR count). The number of aromatic carboxylic acids is 1. The molecule has 0 spiro atoms. The van der Waals surface area contributed by atoms with Gasteiger partial charge in [0.15, 0.2) is 0 Å². The number of carbonyl (C=O) groups excluding carboxylic acids is 1. The van der Waals surface area contributed by atoms with Crippen molar-refractivity contribution in [2.75, 3.05) is 5.32 Å². The molecule has 0 aliphatic rings. The van der Waals surface area contributed by atoms with E-state index in [4.69, 9.17) is 5.11 Å². The van der Waals surface area contributed by atoms with Gasteiger partial charge in [-0.1, -0.05) is 0 Å². The summed E-state index contributed by atoms with van der Waals surface area (Å²) in [6.07, 6.45) is 3.83. The standard InChI is InChI=1S/C12H8FN3O3/c13-8-1-2-10(9(3-8)12(18)19)16-11(17)7-4-14-6-15-5-7/h1-6H,(H,16,17)(H,18,19). The van der Waals surface area contributed by atoms with E-state index in [1.807, 2.05) is 0 Å². The summed E-state index contributed by atoms with van der Waals surface area (Å²) in [4.78, 5) is 30.1. The van der Waals surface area contributed by atoms with E-state index in [1.54, 1.807) is 0 Å². The fourth-order valence-corrected chi connectivity index (χ4v) is 1.41. The van der Waals surface area contributed by atoms with Crippen LogP contribution in [0.15, 0.2) is 36.9 Å². The van der Waals surface area contributed by atoms with E-state index in [9.17, 15) is 14.0 Å². The normalized spacial score (nSPS) is 9.95. The summed E-state index contributed by atoms with van der Waals surface area (Å²) >= 11 is 0. The van der Waals surface area contributed by atoms with Crippen molar-refractivity contribution in [1.82, 2.24) is 9.97 Å². The van der Waals surface area contributed by atoms with Crippen molar-refractivity contribution in [1.29, 1.82) is 0 Å². The van der Waals surface area contributed by atoms with Gasteiger partial charge in [-0.2, -0.15) is 0 Å². The third-order valence-electron chi connectivity index (χ3n) is 2.28. The number of benzene rings is 1. The molecule has 0 fully saturated rings. The minimum Gasteiger partial charge on any atom is -0.478 e. The molecule has 2 N–H and O–H groups in total. The quantitative estimate of drug-likeness (QED) is 0.874. The first kappa shape index (κ1) is 12.6. The number of nitrogens with zero attached hydrogens (tertiary/aromatic N) is 2. The van der Waals surface area contributed by atoms with Crippen molar-refractivity contribution < 1.29 is 19.1 Å². The molecule has 1 heterocycles. The zero-order valence-corrected chi connectivity index (χ0v) is 9.50. The topological polar surface area (TPSA) is 92.2 Å².